The van der Waals surface area contributed by atoms with E-state index in [1.807, 2.05) is 0 Å². The van der Waals surface area contributed by atoms with Crippen LogP contribution in [0.2, 0.25) is 0 Å². The summed E-state index contributed by atoms with van der Waals surface area (Å²) in [6, 6.07) is 10.4. The molecule has 0 aromatic heterocycles. The highest BCUT2D eigenvalue weighted by Crippen LogP contribution is 2.39. The number of ether oxygens (including phenoxy) is 2. The number of hydrogen-bond donors (Lipinski definition) is 3. The zero-order valence-electron chi connectivity index (χ0n) is 15.0. The Morgan fingerprint density at radius 2 is 1.82 bits per heavy atom. The summed E-state index contributed by atoms with van der Waals surface area (Å²) in [5.41, 5.74) is 0.917. The van der Waals surface area contributed by atoms with Crippen molar-refractivity contribution in [1.82, 2.24) is 0 Å². The van der Waals surface area contributed by atoms with Crippen molar-refractivity contribution in [3.8, 4) is 5.75 Å². The SMILES string of the molecule is CCO[C@@H](CCO)[C@@H](OC(=O)Nc1ccc(Br)cc1)c1cc(Br)cc(Br)c1O. The van der Waals surface area contributed by atoms with Gasteiger partial charge in [0.15, 0.2) is 6.10 Å². The molecule has 2 aromatic rings. The summed E-state index contributed by atoms with van der Waals surface area (Å²) in [5, 5.41) is 22.6. The average molecular weight is 582 g/mol. The molecule has 0 aliphatic rings. The summed E-state index contributed by atoms with van der Waals surface area (Å²) >= 11 is 10.0. The van der Waals surface area contributed by atoms with Gasteiger partial charge in [-0.05, 0) is 59.3 Å². The topological polar surface area (TPSA) is 88.0 Å². The van der Waals surface area contributed by atoms with Crippen molar-refractivity contribution >= 4 is 59.6 Å². The van der Waals surface area contributed by atoms with Gasteiger partial charge in [-0.2, -0.15) is 0 Å². The van der Waals surface area contributed by atoms with Gasteiger partial charge in [-0.15, -0.1) is 0 Å². The number of anilines is 1. The van der Waals surface area contributed by atoms with Gasteiger partial charge in [-0.25, -0.2) is 4.79 Å². The molecule has 0 fully saturated rings. The van der Waals surface area contributed by atoms with Crippen LogP contribution >= 0.6 is 47.8 Å². The van der Waals surface area contributed by atoms with E-state index in [2.05, 4.69) is 53.1 Å². The van der Waals surface area contributed by atoms with E-state index in [0.29, 0.717) is 26.8 Å². The van der Waals surface area contributed by atoms with E-state index in [0.717, 1.165) is 4.47 Å². The molecule has 0 spiro atoms. The number of nitrogens with one attached hydrogen (secondary N) is 1. The van der Waals surface area contributed by atoms with Crippen LogP contribution in [0.3, 0.4) is 0 Å². The second kappa shape index (κ2) is 11.2. The van der Waals surface area contributed by atoms with Gasteiger partial charge in [0, 0.05) is 39.8 Å². The Labute approximate surface area is 188 Å². The minimum Gasteiger partial charge on any atom is -0.506 e. The Hall–Kier alpha value is -1.13. The van der Waals surface area contributed by atoms with E-state index in [4.69, 9.17) is 9.47 Å². The minimum absolute atomic E-state index is 0.0627. The normalized spacial score (nSPS) is 13.0. The second-order valence-corrected chi connectivity index (χ2v) is 8.48. The predicted molar refractivity (Wildman–Crippen MR) is 118 cm³/mol. The summed E-state index contributed by atoms with van der Waals surface area (Å²) in [5.74, 6) is -0.0627. The number of phenols is 1. The zero-order chi connectivity index (χ0) is 20.7. The Bertz CT molecular complexity index is 795. The third kappa shape index (κ3) is 6.45. The van der Waals surface area contributed by atoms with Crippen LogP contribution < -0.4 is 5.32 Å². The van der Waals surface area contributed by atoms with Gasteiger partial charge in [0.1, 0.15) is 11.9 Å². The lowest BCUT2D eigenvalue weighted by Crippen LogP contribution is -2.30. The van der Waals surface area contributed by atoms with Crippen molar-refractivity contribution < 1.29 is 24.5 Å². The Morgan fingerprint density at radius 3 is 2.43 bits per heavy atom. The fourth-order valence-corrected chi connectivity index (χ4v) is 4.12. The first-order chi connectivity index (χ1) is 13.3. The van der Waals surface area contributed by atoms with Crippen LogP contribution in [0.4, 0.5) is 10.5 Å². The number of carbonyl (C=O) groups excluding carboxylic acids is 1. The Balaban J connectivity index is 2.32. The molecule has 28 heavy (non-hydrogen) atoms. The molecule has 2 atom stereocenters. The van der Waals surface area contributed by atoms with E-state index >= 15 is 0 Å². The summed E-state index contributed by atoms with van der Waals surface area (Å²) < 4.78 is 13.3. The number of amides is 1. The lowest BCUT2D eigenvalue weighted by atomic mass is 10.0. The lowest BCUT2D eigenvalue weighted by molar-refractivity contribution is -0.0491. The molecule has 0 heterocycles. The highest BCUT2D eigenvalue weighted by Gasteiger charge is 2.31. The molecule has 3 N–H and O–H groups in total. The van der Waals surface area contributed by atoms with Crippen molar-refractivity contribution in [1.29, 1.82) is 0 Å². The minimum atomic E-state index is -0.934. The number of aliphatic hydroxyl groups is 1. The number of rotatable bonds is 8. The first kappa shape index (κ1) is 23.2. The molecule has 2 rings (SSSR count). The highest BCUT2D eigenvalue weighted by atomic mass is 79.9. The van der Waals surface area contributed by atoms with Crippen molar-refractivity contribution in [2.75, 3.05) is 18.5 Å². The maximum Gasteiger partial charge on any atom is 0.412 e. The number of phenolic OH excluding ortho intramolecular Hbond substituents is 1. The Kier molecular flexibility index (Phi) is 9.23. The molecule has 2 aromatic carbocycles. The summed E-state index contributed by atoms with van der Waals surface area (Å²) in [4.78, 5) is 12.5. The molecule has 152 valence electrons. The molecule has 0 saturated carbocycles. The maximum absolute atomic E-state index is 12.5. The van der Waals surface area contributed by atoms with E-state index in [1.165, 1.54) is 0 Å². The Morgan fingerprint density at radius 1 is 1.14 bits per heavy atom. The molecular formula is C19H20Br3NO5. The zero-order valence-corrected chi connectivity index (χ0v) is 19.8. The number of aliphatic hydroxyl groups excluding tert-OH is 1. The quantitative estimate of drug-likeness (QED) is 0.369. The van der Waals surface area contributed by atoms with E-state index in [1.54, 1.807) is 43.3 Å². The fourth-order valence-electron chi connectivity index (χ4n) is 2.60. The van der Waals surface area contributed by atoms with Gasteiger partial charge in [0.05, 0.1) is 4.47 Å². The van der Waals surface area contributed by atoms with E-state index in [9.17, 15) is 15.0 Å². The second-order valence-electron chi connectivity index (χ2n) is 5.79. The first-order valence-corrected chi connectivity index (χ1v) is 10.9. The van der Waals surface area contributed by atoms with Crippen LogP contribution in [0.15, 0.2) is 49.8 Å². The van der Waals surface area contributed by atoms with E-state index in [-0.39, 0.29) is 18.8 Å². The van der Waals surface area contributed by atoms with Gasteiger partial charge in [0.2, 0.25) is 0 Å². The van der Waals surface area contributed by atoms with Crippen LogP contribution in [0, 0.1) is 0 Å². The molecule has 1 amide bonds. The van der Waals surface area contributed by atoms with Gasteiger partial charge >= 0.3 is 6.09 Å². The predicted octanol–water partition coefficient (Wildman–Crippen LogP) is 5.76. The van der Waals surface area contributed by atoms with Crippen molar-refractivity contribution in [3.05, 3.63) is 55.4 Å². The summed E-state index contributed by atoms with van der Waals surface area (Å²) in [6.07, 6.45) is -2.05. The third-order valence-electron chi connectivity index (χ3n) is 3.82. The molecular weight excluding hydrogens is 562 g/mol. The third-order valence-corrected chi connectivity index (χ3v) is 5.41. The molecule has 0 saturated heterocycles. The number of carbonyl (C=O) groups is 1. The molecule has 0 unspecified atom stereocenters. The number of hydrogen-bond acceptors (Lipinski definition) is 5. The molecule has 9 heteroatoms. The van der Waals surface area contributed by atoms with Crippen LogP contribution in [-0.4, -0.2) is 35.6 Å². The van der Waals surface area contributed by atoms with E-state index < -0.39 is 18.3 Å². The molecule has 0 bridgehead atoms. The van der Waals surface area contributed by atoms with Crippen LogP contribution in [0.5, 0.6) is 5.75 Å². The lowest BCUT2D eigenvalue weighted by Gasteiger charge is -2.28. The van der Waals surface area contributed by atoms with Gasteiger partial charge in [0.25, 0.3) is 0 Å². The summed E-state index contributed by atoms with van der Waals surface area (Å²) in [6.45, 7) is 2.00. The van der Waals surface area contributed by atoms with Crippen LogP contribution in [0.25, 0.3) is 0 Å². The fraction of sp³-hybridized carbons (Fsp3) is 0.316. The van der Waals surface area contributed by atoms with Gasteiger partial charge in [-0.3, -0.25) is 5.32 Å². The maximum atomic E-state index is 12.5. The highest BCUT2D eigenvalue weighted by molar-refractivity contribution is 9.11. The molecule has 0 aliphatic heterocycles. The molecule has 6 nitrogen and oxygen atoms in total. The first-order valence-electron chi connectivity index (χ1n) is 8.49. The summed E-state index contributed by atoms with van der Waals surface area (Å²) in [7, 11) is 0. The average Bonchev–Trinajstić information content (AvgIpc) is 2.65. The van der Waals surface area contributed by atoms with Crippen molar-refractivity contribution in [3.63, 3.8) is 0 Å². The largest absolute Gasteiger partial charge is 0.506 e. The molecule has 0 radical (unpaired) electrons. The molecule has 0 aliphatic carbocycles. The van der Waals surface area contributed by atoms with Crippen LogP contribution in [0.1, 0.15) is 25.0 Å². The van der Waals surface area contributed by atoms with Crippen molar-refractivity contribution in [2.24, 2.45) is 0 Å². The van der Waals surface area contributed by atoms with Crippen LogP contribution in [-0.2, 0) is 9.47 Å². The monoisotopic (exact) mass is 579 g/mol. The van der Waals surface area contributed by atoms with Gasteiger partial charge < -0.3 is 19.7 Å². The van der Waals surface area contributed by atoms with Crippen molar-refractivity contribution in [2.45, 2.75) is 25.6 Å². The number of halogens is 3. The number of aromatic hydroxyl groups is 1. The van der Waals surface area contributed by atoms with Gasteiger partial charge in [-0.1, -0.05) is 31.9 Å². The smallest absolute Gasteiger partial charge is 0.412 e. The number of benzene rings is 2. The standard InChI is InChI=1S/C19H20Br3NO5/c1-2-27-16(7-8-24)18(14-9-12(21)10-15(22)17(14)25)28-19(26)23-13-5-3-11(20)4-6-13/h3-6,9-10,16,18,24-25H,2,7-8H2,1H3,(H,23,26)/t16-,18-/m0/s1.